The summed E-state index contributed by atoms with van der Waals surface area (Å²) in [7, 11) is 0. The zero-order chi connectivity index (χ0) is 13.4. The summed E-state index contributed by atoms with van der Waals surface area (Å²) < 4.78 is 0. The smallest absolute Gasteiger partial charge is 0.0499 e. The highest BCUT2D eigenvalue weighted by molar-refractivity contribution is 6.36. The summed E-state index contributed by atoms with van der Waals surface area (Å²) in [5, 5.41) is 3.40. The quantitative estimate of drug-likeness (QED) is 0.596. The average molecular weight is 288 g/mol. The first-order valence-electron chi connectivity index (χ1n) is 5.89. The molecule has 0 atom stereocenters. The van der Waals surface area contributed by atoms with Crippen LogP contribution in [0, 0.1) is 0 Å². The monoisotopic (exact) mass is 287 g/mol. The van der Waals surface area contributed by atoms with Crippen LogP contribution >= 0.6 is 23.2 Å². The molecule has 3 heteroatoms. The fraction of sp³-hybridized carbons (Fsp3) is 0. The van der Waals surface area contributed by atoms with Gasteiger partial charge >= 0.3 is 0 Å². The summed E-state index contributed by atoms with van der Waals surface area (Å²) in [4.78, 5) is 0. The van der Waals surface area contributed by atoms with Crippen molar-refractivity contribution in [3.05, 3.63) is 64.6 Å². The molecule has 0 amide bonds. The second-order valence-electron chi connectivity index (χ2n) is 4.37. The van der Waals surface area contributed by atoms with Crippen LogP contribution in [0.15, 0.2) is 54.6 Å². The summed E-state index contributed by atoms with van der Waals surface area (Å²) in [5.41, 5.74) is 8.80. The third-order valence-corrected chi connectivity index (χ3v) is 3.72. The maximum atomic E-state index is 6.29. The molecule has 0 unspecified atom stereocenters. The average Bonchev–Trinajstić information content (AvgIpc) is 2.39. The topological polar surface area (TPSA) is 26.0 Å². The Balaban J connectivity index is 2.34. The standard InChI is InChI=1S/C16H11Cl2N/c17-10-7-8-13(15(18)9-10)11-3-1-5-14-12(11)4-2-6-16(14)19/h1-9H,19H2. The SMILES string of the molecule is Nc1cccc2c(-c3ccc(Cl)cc3Cl)cccc12. The van der Waals surface area contributed by atoms with Crippen molar-refractivity contribution in [2.75, 3.05) is 5.73 Å². The zero-order valence-corrected chi connectivity index (χ0v) is 11.5. The van der Waals surface area contributed by atoms with E-state index in [4.69, 9.17) is 28.9 Å². The van der Waals surface area contributed by atoms with Gasteiger partial charge in [0.05, 0.1) is 0 Å². The van der Waals surface area contributed by atoms with Gasteiger partial charge < -0.3 is 5.73 Å². The van der Waals surface area contributed by atoms with Crippen molar-refractivity contribution in [3.63, 3.8) is 0 Å². The van der Waals surface area contributed by atoms with E-state index in [1.807, 2.05) is 48.5 Å². The molecule has 0 saturated heterocycles. The van der Waals surface area contributed by atoms with E-state index in [-0.39, 0.29) is 0 Å². The van der Waals surface area contributed by atoms with E-state index in [9.17, 15) is 0 Å². The van der Waals surface area contributed by atoms with Crippen LogP contribution in [0.2, 0.25) is 10.0 Å². The van der Waals surface area contributed by atoms with Gasteiger partial charge in [-0.1, -0.05) is 59.6 Å². The molecule has 0 spiro atoms. The molecule has 3 aromatic carbocycles. The number of nitrogen functional groups attached to an aromatic ring is 1. The Labute approximate surface area is 121 Å². The largest absolute Gasteiger partial charge is 0.398 e. The van der Waals surface area contributed by atoms with Crippen molar-refractivity contribution in [3.8, 4) is 11.1 Å². The van der Waals surface area contributed by atoms with E-state index >= 15 is 0 Å². The lowest BCUT2D eigenvalue weighted by Crippen LogP contribution is -1.88. The minimum Gasteiger partial charge on any atom is -0.398 e. The van der Waals surface area contributed by atoms with Crippen molar-refractivity contribution < 1.29 is 0 Å². The lowest BCUT2D eigenvalue weighted by molar-refractivity contribution is 1.64. The van der Waals surface area contributed by atoms with Crippen LogP contribution in [0.4, 0.5) is 5.69 Å². The van der Waals surface area contributed by atoms with Crippen LogP contribution in [-0.4, -0.2) is 0 Å². The molecule has 94 valence electrons. The second-order valence-corrected chi connectivity index (χ2v) is 5.22. The maximum Gasteiger partial charge on any atom is 0.0499 e. The lowest BCUT2D eigenvalue weighted by atomic mass is 9.97. The van der Waals surface area contributed by atoms with Gasteiger partial charge in [-0.3, -0.25) is 0 Å². The van der Waals surface area contributed by atoms with Gasteiger partial charge in [0.15, 0.2) is 0 Å². The number of benzene rings is 3. The van der Waals surface area contributed by atoms with Gasteiger partial charge in [-0.15, -0.1) is 0 Å². The number of rotatable bonds is 1. The Bertz CT molecular complexity index is 766. The molecule has 0 bridgehead atoms. The van der Waals surface area contributed by atoms with Crippen molar-refractivity contribution in [1.82, 2.24) is 0 Å². The molecular formula is C16H11Cl2N. The third kappa shape index (κ3) is 2.16. The fourth-order valence-electron chi connectivity index (χ4n) is 2.28. The number of hydrogen-bond acceptors (Lipinski definition) is 1. The Morgan fingerprint density at radius 1 is 0.737 bits per heavy atom. The fourth-order valence-corrected chi connectivity index (χ4v) is 2.79. The van der Waals surface area contributed by atoms with Gasteiger partial charge in [-0.2, -0.15) is 0 Å². The van der Waals surface area contributed by atoms with Crippen LogP contribution in [0.5, 0.6) is 0 Å². The van der Waals surface area contributed by atoms with E-state index in [1.165, 1.54) is 0 Å². The number of anilines is 1. The molecule has 0 saturated carbocycles. The van der Waals surface area contributed by atoms with Gasteiger partial charge in [0, 0.05) is 26.7 Å². The minimum absolute atomic E-state index is 0.633. The molecule has 0 aromatic heterocycles. The lowest BCUT2D eigenvalue weighted by Gasteiger charge is -2.10. The van der Waals surface area contributed by atoms with Crippen molar-refractivity contribution in [2.45, 2.75) is 0 Å². The number of nitrogens with two attached hydrogens (primary N) is 1. The molecule has 0 aliphatic heterocycles. The highest BCUT2D eigenvalue weighted by Gasteiger charge is 2.08. The van der Waals surface area contributed by atoms with E-state index in [1.54, 1.807) is 6.07 Å². The Kier molecular flexibility index (Phi) is 3.09. The molecular weight excluding hydrogens is 277 g/mol. The van der Waals surface area contributed by atoms with E-state index in [0.717, 1.165) is 27.6 Å². The molecule has 19 heavy (non-hydrogen) atoms. The van der Waals surface area contributed by atoms with Crippen LogP contribution < -0.4 is 5.73 Å². The highest BCUT2D eigenvalue weighted by Crippen LogP contribution is 2.36. The zero-order valence-electron chi connectivity index (χ0n) is 10.0. The van der Waals surface area contributed by atoms with Gasteiger partial charge in [-0.25, -0.2) is 0 Å². The van der Waals surface area contributed by atoms with E-state index in [2.05, 4.69) is 0 Å². The van der Waals surface area contributed by atoms with E-state index in [0.29, 0.717) is 10.0 Å². The third-order valence-electron chi connectivity index (χ3n) is 3.18. The first-order valence-corrected chi connectivity index (χ1v) is 6.65. The Hall–Kier alpha value is -1.70. The van der Waals surface area contributed by atoms with Gasteiger partial charge in [0.2, 0.25) is 0 Å². The Morgan fingerprint density at radius 2 is 1.47 bits per heavy atom. The predicted octanol–water partition coefficient (Wildman–Crippen LogP) is 5.40. The second kappa shape index (κ2) is 4.76. The predicted molar refractivity (Wildman–Crippen MR) is 83.8 cm³/mol. The number of hydrogen-bond donors (Lipinski definition) is 1. The molecule has 0 aliphatic carbocycles. The first-order chi connectivity index (χ1) is 9.16. The molecule has 3 rings (SSSR count). The number of halogens is 2. The van der Waals surface area contributed by atoms with Crippen LogP contribution in [-0.2, 0) is 0 Å². The van der Waals surface area contributed by atoms with Gasteiger partial charge in [-0.05, 0) is 29.1 Å². The van der Waals surface area contributed by atoms with Crippen LogP contribution in [0.25, 0.3) is 21.9 Å². The van der Waals surface area contributed by atoms with Crippen molar-refractivity contribution in [2.24, 2.45) is 0 Å². The van der Waals surface area contributed by atoms with Gasteiger partial charge in [0.25, 0.3) is 0 Å². The molecule has 2 N–H and O–H groups in total. The van der Waals surface area contributed by atoms with E-state index < -0.39 is 0 Å². The summed E-state index contributed by atoms with van der Waals surface area (Å²) >= 11 is 12.2. The van der Waals surface area contributed by atoms with Gasteiger partial charge in [0.1, 0.15) is 0 Å². The number of fused-ring (bicyclic) bond motifs is 1. The summed E-state index contributed by atoms with van der Waals surface area (Å²) in [5.74, 6) is 0. The van der Waals surface area contributed by atoms with Crippen molar-refractivity contribution in [1.29, 1.82) is 0 Å². The maximum absolute atomic E-state index is 6.29. The minimum atomic E-state index is 0.633. The summed E-state index contributed by atoms with van der Waals surface area (Å²) in [6.07, 6.45) is 0. The van der Waals surface area contributed by atoms with Crippen LogP contribution in [0.1, 0.15) is 0 Å². The molecule has 0 aliphatic rings. The highest BCUT2D eigenvalue weighted by atomic mass is 35.5. The molecule has 0 heterocycles. The molecule has 0 radical (unpaired) electrons. The first kappa shape index (κ1) is 12.3. The Morgan fingerprint density at radius 3 is 2.26 bits per heavy atom. The van der Waals surface area contributed by atoms with Crippen molar-refractivity contribution >= 4 is 39.7 Å². The summed E-state index contributed by atoms with van der Waals surface area (Å²) in [6, 6.07) is 17.5. The summed E-state index contributed by atoms with van der Waals surface area (Å²) in [6.45, 7) is 0. The molecule has 0 fully saturated rings. The molecule has 3 aromatic rings. The normalized spacial score (nSPS) is 10.8. The van der Waals surface area contributed by atoms with Crippen LogP contribution in [0.3, 0.4) is 0 Å². The molecule has 1 nitrogen and oxygen atoms in total.